The normalized spacial score (nSPS) is 10.4. The lowest BCUT2D eigenvalue weighted by Gasteiger charge is -2.13. The van der Waals surface area contributed by atoms with E-state index in [0.717, 1.165) is 0 Å². The summed E-state index contributed by atoms with van der Waals surface area (Å²) in [6, 6.07) is 8.15. The van der Waals surface area contributed by atoms with Gasteiger partial charge in [-0.05, 0) is 24.3 Å². The second kappa shape index (κ2) is 7.60. The Bertz CT molecular complexity index is 977. The van der Waals surface area contributed by atoms with E-state index >= 15 is 0 Å². The number of benzene rings is 1. The quantitative estimate of drug-likeness (QED) is 0.595. The number of H-pyrrole nitrogens is 1. The van der Waals surface area contributed by atoms with Crippen LogP contribution in [0.2, 0.25) is 0 Å². The van der Waals surface area contributed by atoms with Crippen molar-refractivity contribution in [3.63, 3.8) is 0 Å². The van der Waals surface area contributed by atoms with Gasteiger partial charge >= 0.3 is 5.97 Å². The van der Waals surface area contributed by atoms with Gasteiger partial charge in [-0.2, -0.15) is 15.4 Å². The van der Waals surface area contributed by atoms with Crippen molar-refractivity contribution in [3.8, 4) is 22.8 Å². The number of esters is 1. The van der Waals surface area contributed by atoms with E-state index in [2.05, 4.69) is 20.1 Å². The smallest absolute Gasteiger partial charge is 0.373 e. The SMILES string of the molecule is COC(=O)c1ccc(COc2c(OC)cccc2-c2n[nH]nc2C(N)=O)o1. The fourth-order valence-corrected chi connectivity index (χ4v) is 2.41. The Balaban J connectivity index is 1.92. The monoisotopic (exact) mass is 372 g/mol. The Morgan fingerprint density at radius 1 is 1.19 bits per heavy atom. The van der Waals surface area contributed by atoms with Crippen molar-refractivity contribution < 1.29 is 28.2 Å². The van der Waals surface area contributed by atoms with Crippen LogP contribution in [0.3, 0.4) is 0 Å². The van der Waals surface area contributed by atoms with Crippen molar-refractivity contribution in [2.45, 2.75) is 6.61 Å². The number of aromatic amines is 1. The second-order valence-corrected chi connectivity index (χ2v) is 5.27. The van der Waals surface area contributed by atoms with Crippen LogP contribution in [0, 0.1) is 0 Å². The Labute approximate surface area is 153 Å². The van der Waals surface area contributed by atoms with Gasteiger partial charge in [0.15, 0.2) is 17.2 Å². The highest BCUT2D eigenvalue weighted by Gasteiger charge is 2.22. The minimum absolute atomic E-state index is 0.00583. The van der Waals surface area contributed by atoms with E-state index in [1.54, 1.807) is 24.3 Å². The summed E-state index contributed by atoms with van der Waals surface area (Å²) in [5.41, 5.74) is 5.99. The van der Waals surface area contributed by atoms with Gasteiger partial charge < -0.3 is 24.4 Å². The van der Waals surface area contributed by atoms with Crippen molar-refractivity contribution in [2.75, 3.05) is 14.2 Å². The number of nitrogens with zero attached hydrogens (tertiary/aromatic N) is 2. The summed E-state index contributed by atoms with van der Waals surface area (Å²) in [6.07, 6.45) is 0. The third kappa shape index (κ3) is 3.59. The first kappa shape index (κ1) is 18.0. The minimum Gasteiger partial charge on any atom is -0.493 e. The summed E-state index contributed by atoms with van der Waals surface area (Å²) in [4.78, 5) is 23.0. The average molecular weight is 372 g/mol. The fourth-order valence-electron chi connectivity index (χ4n) is 2.41. The maximum Gasteiger partial charge on any atom is 0.373 e. The lowest BCUT2D eigenvalue weighted by molar-refractivity contribution is 0.0560. The Kier molecular flexibility index (Phi) is 5.06. The number of hydrogen-bond donors (Lipinski definition) is 2. The average Bonchev–Trinajstić information content (AvgIpc) is 3.34. The van der Waals surface area contributed by atoms with E-state index in [9.17, 15) is 9.59 Å². The predicted octanol–water partition coefficient (Wildman–Crippen LogP) is 1.54. The zero-order valence-electron chi connectivity index (χ0n) is 14.5. The first-order chi connectivity index (χ1) is 13.0. The van der Waals surface area contributed by atoms with E-state index in [1.807, 2.05) is 0 Å². The van der Waals surface area contributed by atoms with Crippen LogP contribution < -0.4 is 15.2 Å². The largest absolute Gasteiger partial charge is 0.493 e. The summed E-state index contributed by atoms with van der Waals surface area (Å²) in [5.74, 6) is -0.154. The van der Waals surface area contributed by atoms with E-state index in [4.69, 9.17) is 19.6 Å². The Morgan fingerprint density at radius 2 is 2.00 bits per heavy atom. The molecule has 1 aromatic carbocycles. The molecule has 3 N–H and O–H groups in total. The van der Waals surface area contributed by atoms with Gasteiger partial charge in [0.05, 0.1) is 19.8 Å². The second-order valence-electron chi connectivity index (χ2n) is 5.27. The summed E-state index contributed by atoms with van der Waals surface area (Å²) in [7, 11) is 2.74. The first-order valence-corrected chi connectivity index (χ1v) is 7.73. The zero-order chi connectivity index (χ0) is 19.4. The summed E-state index contributed by atoms with van der Waals surface area (Å²) < 4.78 is 21.1. The third-order valence-corrected chi connectivity index (χ3v) is 3.64. The summed E-state index contributed by atoms with van der Waals surface area (Å²) in [6.45, 7) is -0.00583. The molecule has 0 saturated heterocycles. The van der Waals surface area contributed by atoms with Crippen molar-refractivity contribution in [1.29, 1.82) is 0 Å². The molecule has 0 aliphatic heterocycles. The highest BCUT2D eigenvalue weighted by Crippen LogP contribution is 2.38. The number of hydrogen-bond acceptors (Lipinski definition) is 8. The highest BCUT2D eigenvalue weighted by molar-refractivity contribution is 5.97. The molecule has 10 nitrogen and oxygen atoms in total. The Morgan fingerprint density at radius 3 is 2.70 bits per heavy atom. The van der Waals surface area contributed by atoms with Crippen molar-refractivity contribution in [3.05, 3.63) is 47.5 Å². The number of furan rings is 1. The standard InChI is InChI=1S/C17H16N4O6/c1-24-11-5-3-4-10(13-14(16(18)22)20-21-19-13)15(11)26-8-9-6-7-12(27-9)17(23)25-2/h3-7H,8H2,1-2H3,(H2,18,22)(H,19,20,21). The predicted molar refractivity (Wildman–Crippen MR) is 91.3 cm³/mol. The van der Waals surface area contributed by atoms with Gasteiger partial charge in [0.25, 0.3) is 5.91 Å². The number of rotatable bonds is 7. The number of ether oxygens (including phenoxy) is 3. The van der Waals surface area contributed by atoms with Crippen LogP contribution in [0.25, 0.3) is 11.3 Å². The van der Waals surface area contributed by atoms with Gasteiger partial charge in [0.2, 0.25) is 5.76 Å². The lowest BCUT2D eigenvalue weighted by Crippen LogP contribution is -2.13. The molecule has 0 spiro atoms. The van der Waals surface area contributed by atoms with Crippen molar-refractivity contribution in [2.24, 2.45) is 5.73 Å². The molecular formula is C17H16N4O6. The molecule has 0 saturated carbocycles. The number of nitrogens with one attached hydrogen (secondary N) is 1. The van der Waals surface area contributed by atoms with Gasteiger partial charge in [0, 0.05) is 0 Å². The molecule has 0 atom stereocenters. The van der Waals surface area contributed by atoms with Gasteiger partial charge in [0.1, 0.15) is 18.1 Å². The minimum atomic E-state index is -0.735. The molecule has 0 radical (unpaired) electrons. The van der Waals surface area contributed by atoms with Crippen molar-refractivity contribution >= 4 is 11.9 Å². The fraction of sp³-hybridized carbons (Fsp3) is 0.176. The molecule has 10 heteroatoms. The van der Waals surface area contributed by atoms with E-state index in [0.29, 0.717) is 22.8 Å². The van der Waals surface area contributed by atoms with Crippen LogP contribution in [0.5, 0.6) is 11.5 Å². The maximum absolute atomic E-state index is 11.6. The zero-order valence-corrected chi connectivity index (χ0v) is 14.5. The van der Waals surface area contributed by atoms with Gasteiger partial charge in [-0.1, -0.05) is 6.07 Å². The van der Waals surface area contributed by atoms with Gasteiger partial charge in [-0.15, -0.1) is 0 Å². The van der Waals surface area contributed by atoms with Crippen LogP contribution in [-0.2, 0) is 11.3 Å². The number of carbonyl (C=O) groups is 2. The lowest BCUT2D eigenvalue weighted by atomic mass is 10.1. The highest BCUT2D eigenvalue weighted by atomic mass is 16.5. The van der Waals surface area contributed by atoms with Crippen LogP contribution in [0.1, 0.15) is 26.8 Å². The maximum atomic E-state index is 11.6. The molecular weight excluding hydrogens is 356 g/mol. The van der Waals surface area contributed by atoms with Gasteiger partial charge in [-0.25, -0.2) is 4.79 Å². The van der Waals surface area contributed by atoms with Gasteiger partial charge in [-0.3, -0.25) is 4.79 Å². The van der Waals surface area contributed by atoms with Crippen LogP contribution in [0.4, 0.5) is 0 Å². The molecule has 140 valence electrons. The molecule has 1 amide bonds. The number of para-hydroxylation sites is 1. The van der Waals surface area contributed by atoms with E-state index in [-0.39, 0.29) is 23.8 Å². The molecule has 3 aromatic rings. The number of nitrogens with two attached hydrogens (primary N) is 1. The van der Waals surface area contributed by atoms with E-state index in [1.165, 1.54) is 20.3 Å². The molecule has 0 aliphatic carbocycles. The Hall–Kier alpha value is -3.82. The summed E-state index contributed by atoms with van der Waals surface area (Å²) in [5, 5.41) is 10.1. The first-order valence-electron chi connectivity index (χ1n) is 7.73. The number of methoxy groups -OCH3 is 2. The summed E-state index contributed by atoms with van der Waals surface area (Å²) >= 11 is 0. The number of aromatic nitrogens is 3. The van der Waals surface area contributed by atoms with Crippen LogP contribution in [-0.4, -0.2) is 41.5 Å². The van der Waals surface area contributed by atoms with E-state index < -0.39 is 11.9 Å². The number of amides is 1. The molecule has 2 heterocycles. The third-order valence-electron chi connectivity index (χ3n) is 3.64. The van der Waals surface area contributed by atoms with Crippen LogP contribution >= 0.6 is 0 Å². The molecule has 0 unspecified atom stereocenters. The molecule has 2 aromatic heterocycles. The number of primary amides is 1. The topological polar surface area (TPSA) is 143 Å². The number of carbonyl (C=O) groups excluding carboxylic acids is 2. The molecule has 0 aliphatic rings. The van der Waals surface area contributed by atoms with Crippen molar-refractivity contribution in [1.82, 2.24) is 15.4 Å². The molecule has 0 bridgehead atoms. The molecule has 0 fully saturated rings. The van der Waals surface area contributed by atoms with Crippen LogP contribution in [0.15, 0.2) is 34.7 Å². The molecule has 3 rings (SSSR count). The molecule has 27 heavy (non-hydrogen) atoms.